The molecule has 0 fully saturated rings. The summed E-state index contributed by atoms with van der Waals surface area (Å²) in [6.07, 6.45) is 1.63. The van der Waals surface area contributed by atoms with Gasteiger partial charge in [-0.25, -0.2) is 13.9 Å². The first-order valence-corrected chi connectivity index (χ1v) is 10.0. The maximum absolute atomic E-state index is 13.1. The first kappa shape index (κ1) is 19.6. The van der Waals surface area contributed by atoms with Crippen LogP contribution in [0.2, 0.25) is 0 Å². The fraction of sp³-hybridized carbons (Fsp3) is 0.0833. The molecule has 0 unspecified atom stereocenters. The Balaban J connectivity index is 1.45. The number of hydrogen-bond acceptors (Lipinski definition) is 4. The van der Waals surface area contributed by atoms with Crippen molar-refractivity contribution in [2.75, 3.05) is 0 Å². The van der Waals surface area contributed by atoms with Crippen LogP contribution in [-0.2, 0) is 0 Å². The molecule has 5 aromatic rings. The minimum atomic E-state index is -0.435. The van der Waals surface area contributed by atoms with E-state index in [2.05, 4.69) is 20.4 Å². The average Bonchev–Trinajstić information content (AvgIpc) is 3.24. The van der Waals surface area contributed by atoms with Crippen molar-refractivity contribution in [3.05, 3.63) is 100 Å². The highest BCUT2D eigenvalue weighted by molar-refractivity contribution is 5.93. The van der Waals surface area contributed by atoms with Crippen molar-refractivity contribution in [1.29, 1.82) is 0 Å². The number of aromatic nitrogens is 4. The summed E-state index contributed by atoms with van der Waals surface area (Å²) in [6.45, 7) is 1.79. The van der Waals surface area contributed by atoms with Crippen molar-refractivity contribution in [3.8, 4) is 11.4 Å². The van der Waals surface area contributed by atoms with Crippen LogP contribution < -0.4 is 10.9 Å². The topological polar surface area (TPSA) is 92.1 Å². The summed E-state index contributed by atoms with van der Waals surface area (Å²) in [5.41, 5.74) is 2.61. The number of amides is 1. The van der Waals surface area contributed by atoms with Gasteiger partial charge in [0, 0.05) is 11.5 Å². The summed E-state index contributed by atoms with van der Waals surface area (Å²) in [5.74, 6) is -0.779. The van der Waals surface area contributed by atoms with Crippen LogP contribution in [0.5, 0.6) is 0 Å². The molecule has 0 radical (unpaired) electrons. The molecule has 0 bridgehead atoms. The quantitative estimate of drug-likeness (QED) is 0.456. The van der Waals surface area contributed by atoms with E-state index in [0.29, 0.717) is 11.4 Å². The van der Waals surface area contributed by atoms with Crippen LogP contribution in [0, 0.1) is 5.82 Å². The van der Waals surface area contributed by atoms with Gasteiger partial charge < -0.3 is 10.3 Å². The lowest BCUT2D eigenvalue weighted by Crippen LogP contribution is -2.27. The maximum Gasteiger partial charge on any atom is 0.274 e. The Morgan fingerprint density at radius 3 is 2.69 bits per heavy atom. The molecule has 1 atom stereocenters. The van der Waals surface area contributed by atoms with Crippen molar-refractivity contribution >= 4 is 22.3 Å². The normalized spacial score (nSPS) is 12.2. The lowest BCUT2D eigenvalue weighted by Gasteiger charge is -2.13. The second-order valence-corrected chi connectivity index (χ2v) is 7.49. The minimum Gasteiger partial charge on any atom is -0.344 e. The molecule has 3 heterocycles. The number of fused-ring (bicyclic) bond motifs is 2. The number of hydrogen-bond donors (Lipinski definition) is 2. The van der Waals surface area contributed by atoms with E-state index >= 15 is 0 Å². The maximum atomic E-state index is 13.1. The Labute approximate surface area is 181 Å². The highest BCUT2D eigenvalue weighted by atomic mass is 19.1. The van der Waals surface area contributed by atoms with Gasteiger partial charge in [0.2, 0.25) is 0 Å². The zero-order valence-corrected chi connectivity index (χ0v) is 17.0. The molecule has 0 aliphatic carbocycles. The van der Waals surface area contributed by atoms with Crippen molar-refractivity contribution < 1.29 is 9.18 Å². The minimum absolute atomic E-state index is 0.105. The van der Waals surface area contributed by atoms with E-state index < -0.39 is 5.91 Å². The summed E-state index contributed by atoms with van der Waals surface area (Å²) in [4.78, 5) is 32.7. The molecule has 0 aliphatic rings. The Hall–Kier alpha value is -4.33. The Kier molecular flexibility index (Phi) is 4.74. The number of halogens is 1. The van der Waals surface area contributed by atoms with Crippen LogP contribution in [0.1, 0.15) is 29.0 Å². The number of nitrogens with zero attached hydrogens (tertiary/aromatic N) is 3. The van der Waals surface area contributed by atoms with Gasteiger partial charge in [0.25, 0.3) is 11.5 Å². The summed E-state index contributed by atoms with van der Waals surface area (Å²) in [7, 11) is 0. The number of pyridine rings is 1. The largest absolute Gasteiger partial charge is 0.344 e. The van der Waals surface area contributed by atoms with Crippen LogP contribution in [0.15, 0.2) is 77.7 Å². The first-order chi connectivity index (χ1) is 15.5. The van der Waals surface area contributed by atoms with E-state index in [1.165, 1.54) is 22.7 Å². The zero-order chi connectivity index (χ0) is 22.2. The van der Waals surface area contributed by atoms with Gasteiger partial charge in [-0.1, -0.05) is 36.4 Å². The fourth-order valence-corrected chi connectivity index (χ4v) is 3.57. The van der Waals surface area contributed by atoms with Crippen molar-refractivity contribution in [3.63, 3.8) is 0 Å². The van der Waals surface area contributed by atoms with Crippen LogP contribution >= 0.6 is 0 Å². The van der Waals surface area contributed by atoms with Gasteiger partial charge in [0.1, 0.15) is 11.3 Å². The molecule has 5 rings (SSSR count). The van der Waals surface area contributed by atoms with E-state index in [-0.39, 0.29) is 28.6 Å². The number of benzene rings is 2. The van der Waals surface area contributed by atoms with Gasteiger partial charge in [-0.3, -0.25) is 9.59 Å². The van der Waals surface area contributed by atoms with Crippen molar-refractivity contribution in [2.45, 2.75) is 13.0 Å². The summed E-state index contributed by atoms with van der Waals surface area (Å²) in [5, 5.41) is 8.09. The lowest BCUT2D eigenvalue weighted by atomic mass is 10.1. The van der Waals surface area contributed by atoms with Gasteiger partial charge in [0.05, 0.1) is 29.1 Å². The molecule has 3 aromatic heterocycles. The molecule has 0 aliphatic heterocycles. The van der Waals surface area contributed by atoms with Gasteiger partial charge >= 0.3 is 0 Å². The predicted molar refractivity (Wildman–Crippen MR) is 119 cm³/mol. The number of para-hydroxylation sites is 1. The smallest absolute Gasteiger partial charge is 0.274 e. The number of aromatic amines is 1. The number of nitrogens with one attached hydrogen (secondary N) is 2. The van der Waals surface area contributed by atoms with Gasteiger partial charge in [-0.15, -0.1) is 0 Å². The standard InChI is InChI=1S/C24H18FN5O2/c1-14(15-6-9-17(25)10-7-15)26-23(31)20-12-22-24(32)28-21(13-30(22)29-20)19-11-8-16-4-2-3-5-18(16)27-19/h2-14H,1H3,(H,26,31)(H,28,32)/t14-/m1/s1. The third-order valence-corrected chi connectivity index (χ3v) is 5.29. The molecule has 8 heteroatoms. The Morgan fingerprint density at radius 2 is 1.88 bits per heavy atom. The van der Waals surface area contributed by atoms with Crippen LogP contribution in [0.4, 0.5) is 4.39 Å². The van der Waals surface area contributed by atoms with Crippen molar-refractivity contribution in [2.24, 2.45) is 0 Å². The monoisotopic (exact) mass is 427 g/mol. The van der Waals surface area contributed by atoms with Gasteiger partial charge in [-0.2, -0.15) is 5.10 Å². The summed E-state index contributed by atoms with van der Waals surface area (Å²) in [6, 6.07) is 18.4. The molecule has 32 heavy (non-hydrogen) atoms. The number of rotatable bonds is 4. The van der Waals surface area contributed by atoms with Crippen LogP contribution in [0.25, 0.3) is 27.8 Å². The van der Waals surface area contributed by atoms with E-state index in [0.717, 1.165) is 16.5 Å². The van der Waals surface area contributed by atoms with E-state index in [4.69, 9.17) is 0 Å². The fourth-order valence-electron chi connectivity index (χ4n) is 3.57. The molecule has 158 valence electrons. The van der Waals surface area contributed by atoms with Gasteiger partial charge in [-0.05, 0) is 36.8 Å². The molecular weight excluding hydrogens is 409 g/mol. The highest BCUT2D eigenvalue weighted by Gasteiger charge is 2.17. The van der Waals surface area contributed by atoms with E-state index in [1.54, 1.807) is 25.3 Å². The van der Waals surface area contributed by atoms with Crippen LogP contribution in [0.3, 0.4) is 0 Å². The Bertz CT molecular complexity index is 1520. The molecule has 2 aromatic carbocycles. The summed E-state index contributed by atoms with van der Waals surface area (Å²) < 4.78 is 14.5. The molecule has 0 spiro atoms. The second-order valence-electron chi connectivity index (χ2n) is 7.49. The molecule has 0 saturated heterocycles. The van der Waals surface area contributed by atoms with Crippen molar-refractivity contribution in [1.82, 2.24) is 24.9 Å². The number of carbonyl (C=O) groups is 1. The molecule has 7 nitrogen and oxygen atoms in total. The second kappa shape index (κ2) is 7.73. The average molecular weight is 427 g/mol. The molecule has 0 saturated carbocycles. The lowest BCUT2D eigenvalue weighted by molar-refractivity contribution is 0.0934. The Morgan fingerprint density at radius 1 is 1.09 bits per heavy atom. The SMILES string of the molecule is C[C@@H](NC(=O)c1cc2c(=O)[nH]c(-c3ccc4ccccc4n3)cn2n1)c1ccc(F)cc1. The third kappa shape index (κ3) is 3.62. The number of H-pyrrole nitrogens is 1. The van der Waals surface area contributed by atoms with Crippen LogP contribution in [-0.4, -0.2) is 25.5 Å². The number of carbonyl (C=O) groups excluding carboxylic acids is 1. The summed E-state index contributed by atoms with van der Waals surface area (Å²) >= 11 is 0. The van der Waals surface area contributed by atoms with E-state index in [9.17, 15) is 14.0 Å². The molecule has 1 amide bonds. The zero-order valence-electron chi connectivity index (χ0n) is 17.0. The van der Waals surface area contributed by atoms with E-state index in [1.807, 2.05) is 36.4 Å². The highest BCUT2D eigenvalue weighted by Crippen LogP contribution is 2.19. The first-order valence-electron chi connectivity index (χ1n) is 10.0. The molecular formula is C24H18FN5O2. The molecule has 2 N–H and O–H groups in total. The predicted octanol–water partition coefficient (Wildman–Crippen LogP) is 3.87. The van der Waals surface area contributed by atoms with Gasteiger partial charge in [0.15, 0.2) is 5.69 Å². The third-order valence-electron chi connectivity index (χ3n) is 5.29.